The zero-order valence-corrected chi connectivity index (χ0v) is 14.5. The Morgan fingerprint density at radius 2 is 1.90 bits per heavy atom. The molecule has 0 fully saturated rings. The Morgan fingerprint density at radius 1 is 1.29 bits per heavy atom. The topological polar surface area (TPSA) is 55.1 Å². The van der Waals surface area contributed by atoms with Crippen LogP contribution in [0.3, 0.4) is 0 Å². The normalized spacial score (nSPS) is 13.9. The standard InChI is InChI=1S/C17H28N2OS/c1-5-7-19-17(4,16(18)20)6-8-21-12-15-10-13(2)9-14(3)11-15/h9-11,19H,5-8,12H2,1-4H3,(H2,18,20). The fraction of sp³-hybridized carbons (Fsp3) is 0.588. The van der Waals surface area contributed by atoms with Crippen molar-refractivity contribution in [3.8, 4) is 0 Å². The Hall–Kier alpha value is -1.00. The minimum Gasteiger partial charge on any atom is -0.368 e. The van der Waals surface area contributed by atoms with E-state index >= 15 is 0 Å². The van der Waals surface area contributed by atoms with E-state index in [2.05, 4.69) is 44.3 Å². The number of primary amides is 1. The van der Waals surface area contributed by atoms with Crippen LogP contribution in [0.15, 0.2) is 18.2 Å². The second kappa shape index (κ2) is 8.44. The molecule has 3 nitrogen and oxygen atoms in total. The van der Waals surface area contributed by atoms with Crippen molar-refractivity contribution in [3.63, 3.8) is 0 Å². The minimum absolute atomic E-state index is 0.261. The van der Waals surface area contributed by atoms with Crippen molar-refractivity contribution < 1.29 is 4.79 Å². The molecule has 0 radical (unpaired) electrons. The third kappa shape index (κ3) is 6.10. The van der Waals surface area contributed by atoms with Gasteiger partial charge in [-0.3, -0.25) is 4.79 Å². The van der Waals surface area contributed by atoms with E-state index in [0.29, 0.717) is 0 Å². The van der Waals surface area contributed by atoms with Crippen LogP contribution in [-0.4, -0.2) is 23.7 Å². The van der Waals surface area contributed by atoms with Gasteiger partial charge in [0.25, 0.3) is 0 Å². The maximum Gasteiger partial charge on any atom is 0.237 e. The maximum absolute atomic E-state index is 11.6. The van der Waals surface area contributed by atoms with Gasteiger partial charge in [-0.25, -0.2) is 0 Å². The first-order valence-corrected chi connectivity index (χ1v) is 8.72. The highest BCUT2D eigenvalue weighted by molar-refractivity contribution is 7.98. The molecular formula is C17H28N2OS. The summed E-state index contributed by atoms with van der Waals surface area (Å²) in [5.41, 5.74) is 8.90. The summed E-state index contributed by atoms with van der Waals surface area (Å²) < 4.78 is 0. The van der Waals surface area contributed by atoms with E-state index in [1.807, 2.05) is 18.7 Å². The smallest absolute Gasteiger partial charge is 0.237 e. The fourth-order valence-corrected chi connectivity index (χ4v) is 3.42. The van der Waals surface area contributed by atoms with Crippen molar-refractivity contribution >= 4 is 17.7 Å². The lowest BCUT2D eigenvalue weighted by atomic mass is 9.98. The first-order chi connectivity index (χ1) is 9.87. The summed E-state index contributed by atoms with van der Waals surface area (Å²) in [4.78, 5) is 11.6. The summed E-state index contributed by atoms with van der Waals surface area (Å²) in [6.07, 6.45) is 1.76. The first-order valence-electron chi connectivity index (χ1n) is 7.57. The molecule has 0 heterocycles. The number of carbonyl (C=O) groups excluding carboxylic acids is 1. The summed E-state index contributed by atoms with van der Waals surface area (Å²) in [5, 5.41) is 3.27. The second-order valence-corrected chi connectivity index (χ2v) is 7.03. The number of aryl methyl sites for hydroxylation is 2. The van der Waals surface area contributed by atoms with Crippen LogP contribution in [0, 0.1) is 13.8 Å². The van der Waals surface area contributed by atoms with Crippen molar-refractivity contribution in [1.29, 1.82) is 0 Å². The van der Waals surface area contributed by atoms with E-state index < -0.39 is 5.54 Å². The number of benzene rings is 1. The van der Waals surface area contributed by atoms with E-state index in [1.165, 1.54) is 16.7 Å². The van der Waals surface area contributed by atoms with Gasteiger partial charge in [0.05, 0.1) is 5.54 Å². The average Bonchev–Trinajstić information content (AvgIpc) is 2.40. The molecule has 0 saturated heterocycles. The van der Waals surface area contributed by atoms with Crippen LogP contribution in [0.1, 0.15) is 43.4 Å². The van der Waals surface area contributed by atoms with Crippen molar-refractivity contribution in [2.24, 2.45) is 5.73 Å². The maximum atomic E-state index is 11.6. The second-order valence-electron chi connectivity index (χ2n) is 5.92. The molecule has 1 aromatic carbocycles. The molecule has 0 aliphatic heterocycles. The van der Waals surface area contributed by atoms with Gasteiger partial charge in [-0.15, -0.1) is 0 Å². The van der Waals surface area contributed by atoms with E-state index in [0.717, 1.165) is 30.9 Å². The summed E-state index contributed by atoms with van der Waals surface area (Å²) in [6.45, 7) is 9.06. The number of nitrogens with one attached hydrogen (secondary N) is 1. The third-order valence-corrected chi connectivity index (χ3v) is 4.64. The van der Waals surface area contributed by atoms with Crippen LogP contribution < -0.4 is 11.1 Å². The number of amides is 1. The van der Waals surface area contributed by atoms with Gasteiger partial charge in [0.2, 0.25) is 5.91 Å². The molecule has 3 N–H and O–H groups in total. The third-order valence-electron chi connectivity index (χ3n) is 3.61. The first kappa shape index (κ1) is 18.1. The highest BCUT2D eigenvalue weighted by atomic mass is 32.2. The summed E-state index contributed by atoms with van der Waals surface area (Å²) >= 11 is 1.85. The number of hydrogen-bond donors (Lipinski definition) is 2. The lowest BCUT2D eigenvalue weighted by molar-refractivity contribution is -0.123. The molecule has 1 rings (SSSR count). The Morgan fingerprint density at radius 3 is 2.43 bits per heavy atom. The van der Waals surface area contributed by atoms with Crippen LogP contribution in [0.25, 0.3) is 0 Å². The monoisotopic (exact) mass is 308 g/mol. The number of thioether (sulfide) groups is 1. The number of nitrogens with two attached hydrogens (primary N) is 1. The van der Waals surface area contributed by atoms with Crippen LogP contribution in [-0.2, 0) is 10.5 Å². The average molecular weight is 308 g/mol. The van der Waals surface area contributed by atoms with Crippen molar-refractivity contribution in [1.82, 2.24) is 5.32 Å². The zero-order chi connectivity index (χ0) is 15.9. The molecule has 1 amide bonds. The number of carbonyl (C=O) groups is 1. The van der Waals surface area contributed by atoms with Crippen LogP contribution in [0.2, 0.25) is 0 Å². The Balaban J connectivity index is 2.45. The molecule has 0 aliphatic carbocycles. The molecule has 0 aliphatic rings. The summed E-state index contributed by atoms with van der Waals surface area (Å²) in [7, 11) is 0. The minimum atomic E-state index is -0.592. The largest absolute Gasteiger partial charge is 0.368 e. The lowest BCUT2D eigenvalue weighted by Gasteiger charge is -2.27. The Labute approximate surface area is 133 Å². The van der Waals surface area contributed by atoms with Crippen LogP contribution in [0.4, 0.5) is 0 Å². The van der Waals surface area contributed by atoms with Crippen LogP contribution >= 0.6 is 11.8 Å². The molecule has 1 atom stereocenters. The molecule has 0 spiro atoms. The quantitative estimate of drug-likeness (QED) is 0.689. The van der Waals surface area contributed by atoms with E-state index in [4.69, 9.17) is 5.73 Å². The van der Waals surface area contributed by atoms with Crippen LogP contribution in [0.5, 0.6) is 0 Å². The number of rotatable bonds is 9. The lowest BCUT2D eigenvalue weighted by Crippen LogP contribution is -2.53. The van der Waals surface area contributed by atoms with E-state index in [9.17, 15) is 4.79 Å². The molecule has 0 saturated carbocycles. The van der Waals surface area contributed by atoms with Gasteiger partial charge in [0, 0.05) is 5.75 Å². The van der Waals surface area contributed by atoms with Gasteiger partial charge in [-0.1, -0.05) is 36.2 Å². The molecule has 4 heteroatoms. The molecule has 1 unspecified atom stereocenters. The van der Waals surface area contributed by atoms with Gasteiger partial charge in [-0.2, -0.15) is 11.8 Å². The SMILES string of the molecule is CCCNC(C)(CCSCc1cc(C)cc(C)c1)C(N)=O. The fourth-order valence-electron chi connectivity index (χ4n) is 2.32. The predicted octanol–water partition coefficient (Wildman–Crippen LogP) is 3.17. The molecule has 0 aromatic heterocycles. The van der Waals surface area contributed by atoms with Gasteiger partial charge in [-0.05, 0) is 51.5 Å². The number of hydrogen-bond acceptors (Lipinski definition) is 3. The van der Waals surface area contributed by atoms with E-state index in [-0.39, 0.29) is 5.91 Å². The van der Waals surface area contributed by atoms with Gasteiger partial charge in [0.1, 0.15) is 0 Å². The highest BCUT2D eigenvalue weighted by Crippen LogP contribution is 2.19. The Kier molecular flexibility index (Phi) is 7.26. The summed E-state index contributed by atoms with van der Waals surface area (Å²) in [6, 6.07) is 6.64. The van der Waals surface area contributed by atoms with Crippen molar-refractivity contribution in [3.05, 3.63) is 34.9 Å². The van der Waals surface area contributed by atoms with Gasteiger partial charge >= 0.3 is 0 Å². The summed E-state index contributed by atoms with van der Waals surface area (Å²) in [5.74, 6) is 1.64. The van der Waals surface area contributed by atoms with Gasteiger partial charge < -0.3 is 11.1 Å². The molecule has 21 heavy (non-hydrogen) atoms. The highest BCUT2D eigenvalue weighted by Gasteiger charge is 2.29. The molecule has 1 aromatic rings. The Bertz CT molecular complexity index is 456. The molecule has 118 valence electrons. The molecule has 0 bridgehead atoms. The van der Waals surface area contributed by atoms with Crippen molar-refractivity contribution in [2.45, 2.75) is 51.8 Å². The van der Waals surface area contributed by atoms with E-state index in [1.54, 1.807) is 0 Å². The zero-order valence-electron chi connectivity index (χ0n) is 13.7. The predicted molar refractivity (Wildman–Crippen MR) is 92.6 cm³/mol. The van der Waals surface area contributed by atoms with Crippen molar-refractivity contribution in [2.75, 3.05) is 12.3 Å². The van der Waals surface area contributed by atoms with Gasteiger partial charge in [0.15, 0.2) is 0 Å². The molecular weight excluding hydrogens is 280 g/mol.